The number of hydrogen-bond donors (Lipinski definition) is 1. The van der Waals surface area contributed by atoms with Gasteiger partial charge in [0.1, 0.15) is 0 Å². The fourth-order valence-corrected chi connectivity index (χ4v) is 5.05. The Kier molecular flexibility index (Phi) is 12.3. The van der Waals surface area contributed by atoms with E-state index in [4.69, 9.17) is 16.3 Å². The maximum Gasteiger partial charge on any atom is 0.409 e. The van der Waals surface area contributed by atoms with Crippen molar-refractivity contribution in [2.75, 3.05) is 19.7 Å². The molecule has 0 saturated carbocycles. The van der Waals surface area contributed by atoms with Gasteiger partial charge in [-0.05, 0) is 93.3 Å². The summed E-state index contributed by atoms with van der Waals surface area (Å²) in [5, 5.41) is 0.751. The van der Waals surface area contributed by atoms with Crippen LogP contribution in [0, 0.1) is 12.8 Å². The van der Waals surface area contributed by atoms with E-state index >= 15 is 0 Å². The average Bonchev–Trinajstić information content (AvgIpc) is 3.29. The quantitative estimate of drug-likeness (QED) is 0.369. The molecule has 36 heavy (non-hydrogen) atoms. The van der Waals surface area contributed by atoms with Crippen molar-refractivity contribution in [3.63, 3.8) is 0 Å². The first kappa shape index (κ1) is 29.2. The number of nitrogens with two attached hydrogens (primary N) is 1. The Labute approximate surface area is 221 Å². The van der Waals surface area contributed by atoms with Crippen molar-refractivity contribution in [2.24, 2.45) is 11.7 Å². The molecule has 1 aliphatic heterocycles. The number of allylic oxidation sites excluding steroid dienone is 3. The molecule has 7 heteroatoms. The molecule has 1 unspecified atom stereocenters. The summed E-state index contributed by atoms with van der Waals surface area (Å²) in [4.78, 5) is 18.2. The number of amides is 1. The molecule has 0 spiro atoms. The smallest absolute Gasteiger partial charge is 0.409 e. The third-order valence-corrected chi connectivity index (χ3v) is 6.94. The van der Waals surface area contributed by atoms with E-state index in [9.17, 15) is 4.79 Å². The highest BCUT2D eigenvalue weighted by atomic mass is 35.5. The zero-order valence-corrected chi connectivity index (χ0v) is 22.7. The lowest BCUT2D eigenvalue weighted by Gasteiger charge is -2.36. The molecule has 3 rings (SSSR count). The molecule has 1 amide bonds. The molecule has 1 saturated heterocycles. The molecule has 196 valence electrons. The molecule has 1 aromatic heterocycles. The van der Waals surface area contributed by atoms with Crippen molar-refractivity contribution in [2.45, 2.75) is 58.9 Å². The predicted octanol–water partition coefficient (Wildman–Crippen LogP) is 6.96. The molecule has 1 atom stereocenters. The summed E-state index contributed by atoms with van der Waals surface area (Å²) in [6.45, 7) is 16.0. The van der Waals surface area contributed by atoms with E-state index in [-0.39, 0.29) is 6.09 Å². The molecule has 6 nitrogen and oxygen atoms in total. The van der Waals surface area contributed by atoms with Crippen LogP contribution < -0.4 is 5.73 Å². The fraction of sp³-hybridized carbons (Fsp3) is 0.448. The number of carbonyl (C=O) groups excluding carboxylic acids is 1. The predicted molar refractivity (Wildman–Crippen MR) is 150 cm³/mol. The SMILES string of the molecule is C=CCC(c1ccc(Cl)cc1/C(=C\C)CCn1cncc1C)C1CCN(C(=O)OCC)CC1.C=CN. The lowest BCUT2D eigenvalue weighted by atomic mass is 9.75. The number of hydrogen-bond acceptors (Lipinski definition) is 4. The molecular formula is C29H41ClN4O2. The number of imidazole rings is 1. The summed E-state index contributed by atoms with van der Waals surface area (Å²) in [5.41, 5.74) is 9.61. The first-order valence-corrected chi connectivity index (χ1v) is 13.0. The summed E-state index contributed by atoms with van der Waals surface area (Å²) in [5.74, 6) is 0.812. The Hall–Kier alpha value is -2.99. The summed E-state index contributed by atoms with van der Waals surface area (Å²) < 4.78 is 7.38. The Balaban J connectivity index is 0.00000145. The molecule has 0 radical (unpaired) electrons. The number of rotatable bonds is 9. The highest BCUT2D eigenvalue weighted by molar-refractivity contribution is 6.30. The van der Waals surface area contributed by atoms with Gasteiger partial charge in [-0.3, -0.25) is 0 Å². The lowest BCUT2D eigenvalue weighted by Crippen LogP contribution is -2.40. The maximum absolute atomic E-state index is 12.1. The van der Waals surface area contributed by atoms with Gasteiger partial charge < -0.3 is 19.9 Å². The zero-order valence-electron chi connectivity index (χ0n) is 22.0. The van der Waals surface area contributed by atoms with Crippen molar-refractivity contribution >= 4 is 23.3 Å². The van der Waals surface area contributed by atoms with Crippen LogP contribution in [0.25, 0.3) is 5.57 Å². The zero-order chi connectivity index (χ0) is 26.5. The molecule has 1 aliphatic rings. The van der Waals surface area contributed by atoms with Crippen LogP contribution in [-0.2, 0) is 11.3 Å². The highest BCUT2D eigenvalue weighted by Crippen LogP contribution is 2.40. The van der Waals surface area contributed by atoms with E-state index in [1.807, 2.05) is 36.5 Å². The van der Waals surface area contributed by atoms with Crippen LogP contribution in [0.1, 0.15) is 62.3 Å². The van der Waals surface area contributed by atoms with Gasteiger partial charge in [0.25, 0.3) is 0 Å². The number of aryl methyl sites for hydroxylation is 2. The Bertz CT molecular complexity index is 1020. The molecule has 2 heterocycles. The van der Waals surface area contributed by atoms with E-state index in [0.717, 1.165) is 56.0 Å². The van der Waals surface area contributed by atoms with Gasteiger partial charge in [-0.25, -0.2) is 9.78 Å². The van der Waals surface area contributed by atoms with E-state index in [1.54, 1.807) is 0 Å². The number of aromatic nitrogens is 2. The minimum Gasteiger partial charge on any atom is -0.450 e. The normalized spacial score (nSPS) is 15.0. The van der Waals surface area contributed by atoms with Crippen LogP contribution >= 0.6 is 11.6 Å². The Morgan fingerprint density at radius 1 is 1.33 bits per heavy atom. The van der Waals surface area contributed by atoms with Crippen molar-refractivity contribution in [3.05, 3.63) is 84.1 Å². The van der Waals surface area contributed by atoms with Crippen molar-refractivity contribution in [1.29, 1.82) is 0 Å². The standard InChI is InChI=1S/C27H36ClN3O2.C2H5N/c1-5-8-24(22-12-14-30(15-13-22)27(32)33-7-3)25-10-9-23(28)17-26(25)21(6-2)11-16-31-19-29-18-20(31)4;1-2-3/h5-6,9-10,17-19,22,24H,1,7-8,11-16H2,2-4H3;2H,1,3H2/b21-6-;. The topological polar surface area (TPSA) is 73.4 Å². The molecule has 0 bridgehead atoms. The van der Waals surface area contributed by atoms with Crippen molar-refractivity contribution < 1.29 is 9.53 Å². The summed E-state index contributed by atoms with van der Waals surface area (Å²) >= 11 is 6.47. The van der Waals surface area contributed by atoms with Crippen LogP contribution in [0.5, 0.6) is 0 Å². The summed E-state index contributed by atoms with van der Waals surface area (Å²) in [6.07, 6.45) is 12.8. The van der Waals surface area contributed by atoms with Crippen molar-refractivity contribution in [1.82, 2.24) is 14.5 Å². The van der Waals surface area contributed by atoms with Gasteiger partial charge >= 0.3 is 6.09 Å². The van der Waals surface area contributed by atoms with Gasteiger partial charge in [0.15, 0.2) is 0 Å². The maximum atomic E-state index is 12.1. The van der Waals surface area contributed by atoms with Crippen LogP contribution in [0.4, 0.5) is 4.79 Å². The van der Waals surface area contributed by atoms with E-state index in [2.05, 4.69) is 60.5 Å². The second-order valence-electron chi connectivity index (χ2n) is 8.91. The average molecular weight is 513 g/mol. The minimum absolute atomic E-state index is 0.200. The summed E-state index contributed by atoms with van der Waals surface area (Å²) in [7, 11) is 0. The second kappa shape index (κ2) is 15.2. The van der Waals surface area contributed by atoms with E-state index in [0.29, 0.717) is 18.4 Å². The van der Waals surface area contributed by atoms with Gasteiger partial charge in [0, 0.05) is 36.5 Å². The number of ether oxygens (including phenoxy) is 1. The lowest BCUT2D eigenvalue weighted by molar-refractivity contribution is 0.0888. The fourth-order valence-electron chi connectivity index (χ4n) is 4.88. The molecule has 2 aromatic rings. The molecule has 1 fully saturated rings. The number of piperidine rings is 1. The molecule has 0 aliphatic carbocycles. The van der Waals surface area contributed by atoms with E-state index in [1.165, 1.54) is 22.9 Å². The first-order chi connectivity index (χ1) is 17.4. The van der Waals surface area contributed by atoms with Gasteiger partial charge in [-0.2, -0.15) is 0 Å². The van der Waals surface area contributed by atoms with Crippen LogP contribution in [-0.4, -0.2) is 40.2 Å². The number of nitrogens with zero attached hydrogens (tertiary/aromatic N) is 3. The van der Waals surface area contributed by atoms with Gasteiger partial charge in [0.2, 0.25) is 0 Å². The van der Waals surface area contributed by atoms with E-state index < -0.39 is 0 Å². The third kappa shape index (κ3) is 8.02. The van der Waals surface area contributed by atoms with Gasteiger partial charge in [-0.15, -0.1) is 6.58 Å². The van der Waals surface area contributed by atoms with Crippen LogP contribution in [0.2, 0.25) is 5.02 Å². The summed E-state index contributed by atoms with van der Waals surface area (Å²) in [6, 6.07) is 6.30. The number of carbonyl (C=O) groups is 1. The van der Waals surface area contributed by atoms with Crippen molar-refractivity contribution in [3.8, 4) is 0 Å². The molecule has 2 N–H and O–H groups in total. The largest absolute Gasteiger partial charge is 0.450 e. The Morgan fingerprint density at radius 3 is 2.58 bits per heavy atom. The highest BCUT2D eigenvalue weighted by Gasteiger charge is 2.30. The monoisotopic (exact) mass is 512 g/mol. The van der Waals surface area contributed by atoms with Crippen LogP contribution in [0.15, 0.2) is 62.2 Å². The van der Waals surface area contributed by atoms with Gasteiger partial charge in [-0.1, -0.05) is 36.4 Å². The second-order valence-corrected chi connectivity index (χ2v) is 9.35. The molecular weight excluding hydrogens is 472 g/mol. The first-order valence-electron chi connectivity index (χ1n) is 12.7. The van der Waals surface area contributed by atoms with Gasteiger partial charge in [0.05, 0.1) is 12.9 Å². The number of halogens is 1. The minimum atomic E-state index is -0.200. The Morgan fingerprint density at radius 2 is 2.03 bits per heavy atom. The van der Waals surface area contributed by atoms with Crippen LogP contribution in [0.3, 0.4) is 0 Å². The third-order valence-electron chi connectivity index (χ3n) is 6.71. The molecule has 1 aromatic carbocycles. The number of likely N-dealkylation sites (tertiary alicyclic amines) is 1. The number of benzene rings is 1.